The number of rotatable bonds is 11. The summed E-state index contributed by atoms with van der Waals surface area (Å²) < 4.78 is 35.6. The molecule has 0 aromatic carbocycles. The Balaban J connectivity index is 1.78. The lowest BCUT2D eigenvalue weighted by Crippen LogP contribution is -2.38. The first-order valence-electron chi connectivity index (χ1n) is 9.08. The molecular weight excluding hydrogens is 370 g/mol. The summed E-state index contributed by atoms with van der Waals surface area (Å²) in [5.41, 5.74) is 6.95. The van der Waals surface area contributed by atoms with Crippen molar-refractivity contribution < 1.29 is 28.4 Å². The number of nitrogen functional groups attached to an aromatic ring is 1. The van der Waals surface area contributed by atoms with Gasteiger partial charge in [-0.2, -0.15) is 0 Å². The number of aromatic nitrogens is 4. The smallest absolute Gasteiger partial charge is 0.167 e. The lowest BCUT2D eigenvalue weighted by molar-refractivity contribution is -0.146. The van der Waals surface area contributed by atoms with Crippen molar-refractivity contribution in [3.63, 3.8) is 0 Å². The van der Waals surface area contributed by atoms with Crippen LogP contribution in [0.25, 0.3) is 11.2 Å². The van der Waals surface area contributed by atoms with Crippen LogP contribution in [-0.4, -0.2) is 85.3 Å². The van der Waals surface area contributed by atoms with Gasteiger partial charge < -0.3 is 34.2 Å². The highest BCUT2D eigenvalue weighted by Crippen LogP contribution is 2.35. The summed E-state index contributed by atoms with van der Waals surface area (Å²) in [5.74, 6) is 0.301. The molecule has 1 aliphatic rings. The molecule has 2 N–H and O–H groups in total. The fourth-order valence-electron chi connectivity index (χ4n) is 3.20. The molecule has 0 radical (unpaired) electrons. The van der Waals surface area contributed by atoms with Gasteiger partial charge in [0.25, 0.3) is 0 Å². The fraction of sp³-hybridized carbons (Fsp3) is 0.706. The van der Waals surface area contributed by atoms with E-state index in [4.69, 9.17) is 34.2 Å². The van der Waals surface area contributed by atoms with E-state index in [-0.39, 0.29) is 19.0 Å². The van der Waals surface area contributed by atoms with E-state index in [0.29, 0.717) is 43.4 Å². The summed E-state index contributed by atoms with van der Waals surface area (Å²) >= 11 is 0. The second-order valence-corrected chi connectivity index (χ2v) is 6.16. The van der Waals surface area contributed by atoms with Crippen LogP contribution in [0.3, 0.4) is 0 Å². The van der Waals surface area contributed by atoms with Crippen LogP contribution >= 0.6 is 0 Å². The Morgan fingerprint density at radius 3 is 2.71 bits per heavy atom. The van der Waals surface area contributed by atoms with Gasteiger partial charge in [-0.05, 0) is 6.92 Å². The molecule has 1 fully saturated rings. The normalized spacial score (nSPS) is 25.0. The van der Waals surface area contributed by atoms with Crippen LogP contribution in [0, 0.1) is 0 Å². The lowest BCUT2D eigenvalue weighted by Gasteiger charge is -2.23. The molecule has 0 spiro atoms. The standard InChI is InChI=1S/C17H27N5O6/c1-4-25-5-6-26-10-27-14-13(24-3)11(7-23-2)28-17(14)22-9-21-12-15(18)19-8-20-16(12)22/h8-9,11,13-14,17H,4-7,10H2,1-3H3,(H2,18,19,20)/t11-,13-,14-,17-/m1/s1. The number of nitrogens with zero attached hydrogens (tertiary/aromatic N) is 4. The van der Waals surface area contributed by atoms with Gasteiger partial charge in [0.2, 0.25) is 0 Å². The van der Waals surface area contributed by atoms with Crippen molar-refractivity contribution in [3.05, 3.63) is 12.7 Å². The molecule has 1 aliphatic heterocycles. The summed E-state index contributed by atoms with van der Waals surface area (Å²) in [6.45, 7) is 3.94. The molecule has 3 heterocycles. The van der Waals surface area contributed by atoms with Crippen LogP contribution in [0.1, 0.15) is 13.2 Å². The van der Waals surface area contributed by atoms with Gasteiger partial charge >= 0.3 is 0 Å². The molecule has 4 atom stereocenters. The number of hydrogen-bond donors (Lipinski definition) is 1. The van der Waals surface area contributed by atoms with Gasteiger partial charge in [0, 0.05) is 20.8 Å². The largest absolute Gasteiger partial charge is 0.382 e. The van der Waals surface area contributed by atoms with E-state index in [2.05, 4.69) is 15.0 Å². The number of hydrogen-bond acceptors (Lipinski definition) is 10. The average molecular weight is 397 g/mol. The molecule has 0 saturated carbocycles. The summed E-state index contributed by atoms with van der Waals surface area (Å²) in [4.78, 5) is 12.6. The molecule has 0 aliphatic carbocycles. The Morgan fingerprint density at radius 2 is 1.96 bits per heavy atom. The molecular formula is C17H27N5O6. The van der Waals surface area contributed by atoms with Crippen LogP contribution < -0.4 is 5.73 Å². The van der Waals surface area contributed by atoms with Crippen LogP contribution in [0.5, 0.6) is 0 Å². The molecule has 11 nitrogen and oxygen atoms in total. The maximum atomic E-state index is 6.17. The molecule has 0 amide bonds. The van der Waals surface area contributed by atoms with Crippen molar-refractivity contribution in [2.24, 2.45) is 0 Å². The van der Waals surface area contributed by atoms with E-state index in [1.165, 1.54) is 6.33 Å². The van der Waals surface area contributed by atoms with Crippen LogP contribution in [0.4, 0.5) is 5.82 Å². The quantitative estimate of drug-likeness (QED) is 0.420. The third-order valence-electron chi connectivity index (χ3n) is 4.47. The third kappa shape index (κ3) is 4.40. The molecule has 3 rings (SSSR count). The Bertz CT molecular complexity index is 744. The molecule has 0 unspecified atom stereocenters. The van der Waals surface area contributed by atoms with Crippen molar-refractivity contribution in [1.82, 2.24) is 19.5 Å². The highest BCUT2D eigenvalue weighted by Gasteiger charge is 2.47. The number of imidazole rings is 1. The molecule has 0 bridgehead atoms. The Kier molecular flexibility index (Phi) is 7.48. The SMILES string of the molecule is CCOCCOCO[C@@H]1[C@H](OC)[C@@H](COC)O[C@H]1n1cnc2c(N)ncnc21. The third-order valence-corrected chi connectivity index (χ3v) is 4.47. The van der Waals surface area contributed by atoms with Gasteiger partial charge in [0.1, 0.15) is 36.9 Å². The zero-order chi connectivity index (χ0) is 19.9. The van der Waals surface area contributed by atoms with Gasteiger partial charge in [-0.15, -0.1) is 0 Å². The number of ether oxygens (including phenoxy) is 6. The van der Waals surface area contributed by atoms with Crippen molar-refractivity contribution >= 4 is 17.0 Å². The van der Waals surface area contributed by atoms with Gasteiger partial charge in [-0.1, -0.05) is 0 Å². The first-order valence-corrected chi connectivity index (χ1v) is 9.08. The highest BCUT2D eigenvalue weighted by molar-refractivity contribution is 5.81. The highest BCUT2D eigenvalue weighted by atomic mass is 16.7. The first-order chi connectivity index (χ1) is 13.7. The predicted molar refractivity (Wildman–Crippen MR) is 98.5 cm³/mol. The second kappa shape index (κ2) is 10.0. The summed E-state index contributed by atoms with van der Waals surface area (Å²) in [5, 5.41) is 0. The van der Waals surface area contributed by atoms with Gasteiger partial charge in [0.05, 0.1) is 26.1 Å². The Hall–Kier alpha value is -1.89. The van der Waals surface area contributed by atoms with Crippen LogP contribution in [-0.2, 0) is 28.4 Å². The minimum absolute atomic E-state index is 0.0704. The number of fused-ring (bicyclic) bond motifs is 1. The minimum Gasteiger partial charge on any atom is -0.382 e. The number of anilines is 1. The molecule has 1 saturated heterocycles. The van der Waals surface area contributed by atoms with E-state index in [1.54, 1.807) is 25.1 Å². The lowest BCUT2D eigenvalue weighted by atomic mass is 10.1. The first kappa shape index (κ1) is 20.8. The zero-order valence-electron chi connectivity index (χ0n) is 16.3. The van der Waals surface area contributed by atoms with E-state index < -0.39 is 12.3 Å². The summed E-state index contributed by atoms with van der Waals surface area (Å²) in [6.07, 6.45) is 1.29. The van der Waals surface area contributed by atoms with Crippen LogP contribution in [0.2, 0.25) is 0 Å². The number of methoxy groups -OCH3 is 2. The number of nitrogens with two attached hydrogens (primary N) is 1. The van der Waals surface area contributed by atoms with Crippen molar-refractivity contribution in [1.29, 1.82) is 0 Å². The molecule has 2 aromatic heterocycles. The molecule has 156 valence electrons. The average Bonchev–Trinajstić information content (AvgIpc) is 3.27. The van der Waals surface area contributed by atoms with Crippen molar-refractivity contribution in [2.75, 3.05) is 53.2 Å². The zero-order valence-corrected chi connectivity index (χ0v) is 16.3. The van der Waals surface area contributed by atoms with Crippen molar-refractivity contribution in [3.8, 4) is 0 Å². The van der Waals surface area contributed by atoms with E-state index in [1.807, 2.05) is 6.92 Å². The van der Waals surface area contributed by atoms with Crippen molar-refractivity contribution in [2.45, 2.75) is 31.5 Å². The maximum Gasteiger partial charge on any atom is 0.167 e. The Labute approximate surface area is 163 Å². The summed E-state index contributed by atoms with van der Waals surface area (Å²) in [6, 6.07) is 0. The topological polar surface area (TPSA) is 125 Å². The van der Waals surface area contributed by atoms with Crippen LogP contribution in [0.15, 0.2) is 12.7 Å². The van der Waals surface area contributed by atoms with Gasteiger partial charge in [-0.25, -0.2) is 15.0 Å². The minimum atomic E-state index is -0.542. The molecule has 11 heteroatoms. The van der Waals surface area contributed by atoms with Gasteiger partial charge in [0.15, 0.2) is 17.7 Å². The summed E-state index contributed by atoms with van der Waals surface area (Å²) in [7, 11) is 3.22. The molecule has 2 aromatic rings. The molecule has 28 heavy (non-hydrogen) atoms. The fourth-order valence-corrected chi connectivity index (χ4v) is 3.20. The predicted octanol–water partition coefficient (Wildman–Crippen LogP) is 0.363. The van der Waals surface area contributed by atoms with E-state index in [0.717, 1.165) is 0 Å². The van der Waals surface area contributed by atoms with Gasteiger partial charge in [-0.3, -0.25) is 4.57 Å². The Morgan fingerprint density at radius 1 is 1.14 bits per heavy atom. The maximum absolute atomic E-state index is 6.17. The second-order valence-electron chi connectivity index (χ2n) is 6.16. The monoisotopic (exact) mass is 397 g/mol. The van der Waals surface area contributed by atoms with E-state index >= 15 is 0 Å². The van der Waals surface area contributed by atoms with E-state index in [9.17, 15) is 0 Å².